The third kappa shape index (κ3) is 1.17. The summed E-state index contributed by atoms with van der Waals surface area (Å²) in [6.45, 7) is 1.11. The third-order valence-electron chi connectivity index (χ3n) is 3.48. The fourth-order valence-electron chi connectivity index (χ4n) is 2.73. The second-order valence-electron chi connectivity index (χ2n) is 4.50. The lowest BCUT2D eigenvalue weighted by Crippen LogP contribution is -2.15. The predicted molar refractivity (Wildman–Crippen MR) is 52.9 cm³/mol. The van der Waals surface area contributed by atoms with E-state index in [0.29, 0.717) is 12.0 Å². The van der Waals surface area contributed by atoms with Crippen molar-refractivity contribution >= 4 is 0 Å². The van der Waals surface area contributed by atoms with E-state index in [4.69, 9.17) is 5.73 Å². The summed E-state index contributed by atoms with van der Waals surface area (Å²) in [4.78, 5) is 0. The van der Waals surface area contributed by atoms with Gasteiger partial charge in [-0.15, -0.1) is 10.2 Å². The molecule has 1 fully saturated rings. The number of aromatic nitrogens is 3. The van der Waals surface area contributed by atoms with Crippen molar-refractivity contribution in [3.05, 3.63) is 11.6 Å². The fraction of sp³-hybridized carbons (Fsp3) is 0.800. The van der Waals surface area contributed by atoms with Crippen molar-refractivity contribution in [2.45, 2.75) is 50.6 Å². The van der Waals surface area contributed by atoms with Crippen LogP contribution >= 0.6 is 0 Å². The standard InChI is InChI=1S/C10H16N4/c11-8-4-3-7(6-8)10-13-12-9-2-1-5-14(9)10/h7-8H,1-6,11H2. The molecule has 14 heavy (non-hydrogen) atoms. The zero-order valence-corrected chi connectivity index (χ0v) is 8.32. The van der Waals surface area contributed by atoms with E-state index in [0.717, 1.165) is 25.8 Å². The summed E-state index contributed by atoms with van der Waals surface area (Å²) in [5, 5.41) is 8.55. The van der Waals surface area contributed by atoms with Crippen molar-refractivity contribution in [3.63, 3.8) is 0 Å². The number of rotatable bonds is 1. The monoisotopic (exact) mass is 192 g/mol. The number of aryl methyl sites for hydroxylation is 1. The van der Waals surface area contributed by atoms with Crippen LogP contribution in [0.25, 0.3) is 0 Å². The highest BCUT2D eigenvalue weighted by Gasteiger charge is 2.29. The zero-order chi connectivity index (χ0) is 9.54. The summed E-state index contributed by atoms with van der Waals surface area (Å²) in [5.41, 5.74) is 5.92. The van der Waals surface area contributed by atoms with Crippen LogP contribution in [-0.2, 0) is 13.0 Å². The Morgan fingerprint density at radius 1 is 1.29 bits per heavy atom. The highest BCUT2D eigenvalue weighted by atomic mass is 15.3. The van der Waals surface area contributed by atoms with Crippen LogP contribution in [0.4, 0.5) is 0 Å². The molecule has 1 saturated carbocycles. The van der Waals surface area contributed by atoms with Crippen LogP contribution in [0.3, 0.4) is 0 Å². The molecule has 1 aromatic heterocycles. The second-order valence-corrected chi connectivity index (χ2v) is 4.50. The van der Waals surface area contributed by atoms with Gasteiger partial charge >= 0.3 is 0 Å². The molecule has 0 spiro atoms. The Balaban J connectivity index is 1.89. The molecule has 2 heterocycles. The van der Waals surface area contributed by atoms with Gasteiger partial charge < -0.3 is 10.3 Å². The van der Waals surface area contributed by atoms with Crippen molar-refractivity contribution in [2.24, 2.45) is 5.73 Å². The van der Waals surface area contributed by atoms with Gasteiger partial charge in [-0.25, -0.2) is 0 Å². The summed E-state index contributed by atoms with van der Waals surface area (Å²) >= 11 is 0. The first-order chi connectivity index (χ1) is 6.84. The van der Waals surface area contributed by atoms with Gasteiger partial charge in [0.1, 0.15) is 11.6 Å². The molecule has 0 amide bonds. The molecule has 0 radical (unpaired) electrons. The first-order valence-corrected chi connectivity index (χ1v) is 5.52. The number of fused-ring (bicyclic) bond motifs is 1. The maximum atomic E-state index is 5.92. The number of nitrogens with two attached hydrogens (primary N) is 1. The minimum atomic E-state index is 0.384. The van der Waals surface area contributed by atoms with Crippen LogP contribution in [0.15, 0.2) is 0 Å². The molecule has 1 aliphatic carbocycles. The Labute approximate surface area is 83.5 Å². The quantitative estimate of drug-likeness (QED) is 0.716. The minimum absolute atomic E-state index is 0.384. The van der Waals surface area contributed by atoms with E-state index >= 15 is 0 Å². The maximum absolute atomic E-state index is 5.92. The Bertz CT molecular complexity index is 344. The molecule has 0 aromatic carbocycles. The fourth-order valence-corrected chi connectivity index (χ4v) is 2.73. The molecular weight excluding hydrogens is 176 g/mol. The van der Waals surface area contributed by atoms with Gasteiger partial charge in [0.05, 0.1) is 0 Å². The Kier molecular flexibility index (Phi) is 1.83. The van der Waals surface area contributed by atoms with Gasteiger partial charge in [0.2, 0.25) is 0 Å². The normalized spacial score (nSPS) is 30.9. The van der Waals surface area contributed by atoms with Gasteiger partial charge in [-0.1, -0.05) is 0 Å². The summed E-state index contributed by atoms with van der Waals surface area (Å²) < 4.78 is 2.31. The van der Waals surface area contributed by atoms with E-state index in [1.807, 2.05) is 0 Å². The summed E-state index contributed by atoms with van der Waals surface area (Å²) in [5.74, 6) is 2.95. The van der Waals surface area contributed by atoms with Crippen LogP contribution in [0.1, 0.15) is 43.3 Å². The van der Waals surface area contributed by atoms with E-state index < -0.39 is 0 Å². The lowest BCUT2D eigenvalue weighted by molar-refractivity contribution is 0.587. The van der Waals surface area contributed by atoms with Crippen LogP contribution < -0.4 is 5.73 Å². The smallest absolute Gasteiger partial charge is 0.136 e. The number of hydrogen-bond donors (Lipinski definition) is 1. The van der Waals surface area contributed by atoms with Gasteiger partial charge in [0.25, 0.3) is 0 Å². The minimum Gasteiger partial charge on any atom is -0.328 e. The average molecular weight is 192 g/mol. The molecule has 2 N–H and O–H groups in total. The van der Waals surface area contributed by atoms with Crippen LogP contribution in [0, 0.1) is 0 Å². The van der Waals surface area contributed by atoms with Crippen molar-refractivity contribution in [1.82, 2.24) is 14.8 Å². The van der Waals surface area contributed by atoms with Crippen LogP contribution in [0.2, 0.25) is 0 Å². The zero-order valence-electron chi connectivity index (χ0n) is 8.32. The van der Waals surface area contributed by atoms with Crippen molar-refractivity contribution in [2.75, 3.05) is 0 Å². The highest BCUT2D eigenvalue weighted by molar-refractivity contribution is 5.08. The highest BCUT2D eigenvalue weighted by Crippen LogP contribution is 2.33. The van der Waals surface area contributed by atoms with Crippen molar-refractivity contribution < 1.29 is 0 Å². The summed E-state index contributed by atoms with van der Waals surface area (Å²) in [6.07, 6.45) is 5.77. The van der Waals surface area contributed by atoms with E-state index in [2.05, 4.69) is 14.8 Å². The number of hydrogen-bond acceptors (Lipinski definition) is 3. The van der Waals surface area contributed by atoms with Crippen molar-refractivity contribution in [3.8, 4) is 0 Å². The van der Waals surface area contributed by atoms with Gasteiger partial charge in [0.15, 0.2) is 0 Å². The molecule has 4 heteroatoms. The Morgan fingerprint density at radius 2 is 2.21 bits per heavy atom. The van der Waals surface area contributed by atoms with Gasteiger partial charge in [-0.3, -0.25) is 0 Å². The molecule has 0 bridgehead atoms. The molecule has 2 aliphatic rings. The van der Waals surface area contributed by atoms with Crippen LogP contribution in [-0.4, -0.2) is 20.8 Å². The van der Waals surface area contributed by atoms with Crippen molar-refractivity contribution in [1.29, 1.82) is 0 Å². The molecule has 2 unspecified atom stereocenters. The van der Waals surface area contributed by atoms with Gasteiger partial charge in [-0.2, -0.15) is 0 Å². The Morgan fingerprint density at radius 3 is 3.00 bits per heavy atom. The molecule has 0 saturated heterocycles. The lowest BCUT2D eigenvalue weighted by Gasteiger charge is -2.09. The van der Waals surface area contributed by atoms with E-state index in [1.165, 1.54) is 24.5 Å². The first kappa shape index (κ1) is 8.41. The summed E-state index contributed by atoms with van der Waals surface area (Å²) in [6, 6.07) is 0.384. The summed E-state index contributed by atoms with van der Waals surface area (Å²) in [7, 11) is 0. The predicted octanol–water partition coefficient (Wildman–Crippen LogP) is 0.819. The largest absolute Gasteiger partial charge is 0.328 e. The average Bonchev–Trinajstić information content (AvgIpc) is 2.77. The van der Waals surface area contributed by atoms with Crippen LogP contribution in [0.5, 0.6) is 0 Å². The van der Waals surface area contributed by atoms with Gasteiger partial charge in [0, 0.05) is 24.9 Å². The van der Waals surface area contributed by atoms with E-state index in [9.17, 15) is 0 Å². The molecular formula is C10H16N4. The third-order valence-corrected chi connectivity index (χ3v) is 3.48. The molecule has 3 rings (SSSR count). The SMILES string of the molecule is NC1CCC(c2nnc3n2CCC3)C1. The van der Waals surface area contributed by atoms with Gasteiger partial charge in [-0.05, 0) is 25.7 Å². The van der Waals surface area contributed by atoms with E-state index in [1.54, 1.807) is 0 Å². The molecule has 1 aromatic rings. The topological polar surface area (TPSA) is 56.7 Å². The molecule has 1 aliphatic heterocycles. The Hall–Kier alpha value is -0.900. The van der Waals surface area contributed by atoms with E-state index in [-0.39, 0.29) is 0 Å². The lowest BCUT2D eigenvalue weighted by atomic mass is 10.1. The molecule has 4 nitrogen and oxygen atoms in total. The molecule has 2 atom stereocenters. The number of nitrogens with zero attached hydrogens (tertiary/aromatic N) is 3. The molecule has 76 valence electrons. The first-order valence-electron chi connectivity index (χ1n) is 5.52. The second kappa shape index (κ2) is 3.05. The maximum Gasteiger partial charge on any atom is 0.136 e.